The number of piperidine rings is 1. The maximum atomic E-state index is 13.3. The largest absolute Gasteiger partial charge is 0.444 e. The molecule has 1 saturated carbocycles. The molecule has 0 radical (unpaired) electrons. The second-order valence-electron chi connectivity index (χ2n) is 10.8. The lowest BCUT2D eigenvalue weighted by atomic mass is 9.97. The molecule has 1 aromatic carbocycles. The molecule has 4 unspecified atom stereocenters. The van der Waals surface area contributed by atoms with Gasteiger partial charge in [-0.05, 0) is 69.2 Å². The number of likely N-dealkylation sites (tertiary alicyclic amines) is 1. The summed E-state index contributed by atoms with van der Waals surface area (Å²) in [6.45, 7) is 5.39. The number of amides is 2. The molecule has 10 heteroatoms. The number of nitriles is 1. The quantitative estimate of drug-likeness (QED) is 0.612. The number of fused-ring (bicyclic) bond motifs is 2. The molecule has 2 aliphatic rings. The molecule has 196 valence electrons. The summed E-state index contributed by atoms with van der Waals surface area (Å²) in [7, 11) is -3.37. The Morgan fingerprint density at radius 1 is 1.16 bits per heavy atom. The van der Waals surface area contributed by atoms with Crippen molar-refractivity contribution >= 4 is 21.8 Å². The Balaban J connectivity index is 1.41. The number of sulfone groups is 1. The Morgan fingerprint density at radius 2 is 1.84 bits per heavy atom. The van der Waals surface area contributed by atoms with E-state index < -0.39 is 33.6 Å². The molecule has 2 fully saturated rings. The number of ether oxygens (including phenoxy) is 1. The van der Waals surface area contributed by atoms with Gasteiger partial charge in [0, 0.05) is 30.5 Å². The summed E-state index contributed by atoms with van der Waals surface area (Å²) in [5.41, 5.74) is 1.81. The van der Waals surface area contributed by atoms with Crippen LogP contribution in [0.3, 0.4) is 0 Å². The number of hydrogen-bond donors (Lipinski definition) is 1. The van der Waals surface area contributed by atoms with Gasteiger partial charge in [0.1, 0.15) is 17.7 Å². The van der Waals surface area contributed by atoms with Crippen molar-refractivity contribution in [1.29, 1.82) is 5.26 Å². The van der Waals surface area contributed by atoms with E-state index in [2.05, 4.69) is 16.4 Å². The number of benzene rings is 1. The van der Waals surface area contributed by atoms with E-state index in [-0.39, 0.29) is 22.9 Å². The fourth-order valence-electron chi connectivity index (χ4n) is 5.13. The van der Waals surface area contributed by atoms with Crippen molar-refractivity contribution in [2.45, 2.75) is 75.2 Å². The second kappa shape index (κ2) is 10.1. The predicted molar refractivity (Wildman–Crippen MR) is 137 cm³/mol. The number of nitrogens with one attached hydrogen (secondary N) is 1. The highest BCUT2D eigenvalue weighted by Crippen LogP contribution is 2.43. The first-order chi connectivity index (χ1) is 17.4. The first-order valence-electron chi connectivity index (χ1n) is 12.3. The minimum atomic E-state index is -3.37. The topological polar surface area (TPSA) is 129 Å². The number of hydrogen-bond acceptors (Lipinski definition) is 7. The fourth-order valence-corrected chi connectivity index (χ4v) is 5.69. The number of carbonyl (C=O) groups is 2. The van der Waals surface area contributed by atoms with Gasteiger partial charge in [-0.1, -0.05) is 24.3 Å². The molecular formula is C27H32N4O5S. The van der Waals surface area contributed by atoms with E-state index in [1.165, 1.54) is 12.3 Å². The Labute approximate surface area is 217 Å². The summed E-state index contributed by atoms with van der Waals surface area (Å²) in [4.78, 5) is 31.7. The first-order valence-corrected chi connectivity index (χ1v) is 14.2. The normalized spacial score (nSPS) is 21.8. The number of carbonyl (C=O) groups excluding carboxylic acids is 2. The average Bonchev–Trinajstić information content (AvgIpc) is 3.44. The Bertz CT molecular complexity index is 1310. The van der Waals surface area contributed by atoms with Gasteiger partial charge in [0.2, 0.25) is 5.91 Å². The van der Waals surface area contributed by atoms with Gasteiger partial charge in [-0.25, -0.2) is 18.2 Å². The van der Waals surface area contributed by atoms with Gasteiger partial charge in [-0.15, -0.1) is 0 Å². The molecule has 2 amide bonds. The minimum absolute atomic E-state index is 0.00956. The van der Waals surface area contributed by atoms with Crippen LogP contribution in [0.15, 0.2) is 47.6 Å². The minimum Gasteiger partial charge on any atom is -0.444 e. The SMILES string of the molecule is CC(C)(C)OC(=O)N1C2CCC(C2)C1C(=O)NC(C#N)Cc1ccc(-c2ccc(S(C)(=O)=O)nc2)cc1. The summed E-state index contributed by atoms with van der Waals surface area (Å²) in [5, 5.41) is 12.6. The highest BCUT2D eigenvalue weighted by molar-refractivity contribution is 7.90. The monoisotopic (exact) mass is 524 g/mol. The molecule has 2 bridgehead atoms. The molecule has 2 aromatic rings. The number of rotatable bonds is 6. The van der Waals surface area contributed by atoms with E-state index in [0.717, 1.165) is 42.2 Å². The smallest absolute Gasteiger partial charge is 0.411 e. The predicted octanol–water partition coefficient (Wildman–Crippen LogP) is 3.49. The molecule has 2 heterocycles. The zero-order valence-electron chi connectivity index (χ0n) is 21.5. The third-order valence-electron chi connectivity index (χ3n) is 6.77. The zero-order valence-corrected chi connectivity index (χ0v) is 22.3. The fraction of sp³-hybridized carbons (Fsp3) is 0.481. The van der Waals surface area contributed by atoms with E-state index in [9.17, 15) is 23.3 Å². The lowest BCUT2D eigenvalue weighted by Gasteiger charge is -2.35. The van der Waals surface area contributed by atoms with Gasteiger partial charge in [-0.2, -0.15) is 5.26 Å². The van der Waals surface area contributed by atoms with E-state index in [0.29, 0.717) is 6.42 Å². The number of aromatic nitrogens is 1. The molecule has 4 rings (SSSR count). The van der Waals surface area contributed by atoms with Crippen LogP contribution in [-0.2, 0) is 25.8 Å². The zero-order chi connectivity index (χ0) is 27.0. The molecule has 1 aromatic heterocycles. The van der Waals surface area contributed by atoms with Crippen LogP contribution >= 0.6 is 0 Å². The van der Waals surface area contributed by atoms with Crippen molar-refractivity contribution in [3.05, 3.63) is 48.2 Å². The van der Waals surface area contributed by atoms with Crippen molar-refractivity contribution in [3.63, 3.8) is 0 Å². The highest BCUT2D eigenvalue weighted by atomic mass is 32.2. The highest BCUT2D eigenvalue weighted by Gasteiger charge is 2.52. The summed E-state index contributed by atoms with van der Waals surface area (Å²) in [5.74, 6) is -0.253. The van der Waals surface area contributed by atoms with Crippen molar-refractivity contribution in [2.24, 2.45) is 5.92 Å². The van der Waals surface area contributed by atoms with Crippen LogP contribution in [0, 0.1) is 17.2 Å². The second-order valence-corrected chi connectivity index (χ2v) is 12.8. The lowest BCUT2D eigenvalue weighted by molar-refractivity contribution is -0.128. The standard InChI is InChI=1S/C27H32N4O5S/c1-27(2,3)36-26(33)31-22-11-9-19(14-22)24(31)25(32)30-21(15-28)13-17-5-7-18(8-6-17)20-10-12-23(29-16-20)37(4,34)35/h5-8,10,12,16,19,21-22,24H,9,11,13-14H2,1-4H3,(H,30,32). The number of pyridine rings is 1. The molecule has 4 atom stereocenters. The van der Waals surface area contributed by atoms with E-state index >= 15 is 0 Å². The van der Waals surface area contributed by atoms with Crippen LogP contribution < -0.4 is 5.32 Å². The van der Waals surface area contributed by atoms with Gasteiger partial charge >= 0.3 is 6.09 Å². The van der Waals surface area contributed by atoms with E-state index in [1.54, 1.807) is 31.7 Å². The van der Waals surface area contributed by atoms with Crippen LogP contribution in [0.2, 0.25) is 0 Å². The van der Waals surface area contributed by atoms with Gasteiger partial charge in [0.05, 0.1) is 6.07 Å². The third kappa shape index (κ3) is 6.10. The molecule has 1 saturated heterocycles. The summed E-state index contributed by atoms with van der Waals surface area (Å²) in [6, 6.07) is 11.4. The van der Waals surface area contributed by atoms with Crippen LogP contribution in [0.1, 0.15) is 45.6 Å². The number of nitrogens with zero attached hydrogens (tertiary/aromatic N) is 3. The first kappa shape index (κ1) is 26.6. The summed E-state index contributed by atoms with van der Waals surface area (Å²) < 4.78 is 28.8. The molecule has 37 heavy (non-hydrogen) atoms. The van der Waals surface area contributed by atoms with Gasteiger partial charge in [-0.3, -0.25) is 9.69 Å². The van der Waals surface area contributed by atoms with Crippen LogP contribution in [0.5, 0.6) is 0 Å². The van der Waals surface area contributed by atoms with Gasteiger partial charge in [0.15, 0.2) is 14.9 Å². The van der Waals surface area contributed by atoms with Gasteiger partial charge in [0.25, 0.3) is 0 Å². The maximum absolute atomic E-state index is 13.3. The third-order valence-corrected chi connectivity index (χ3v) is 7.78. The van der Waals surface area contributed by atoms with Crippen LogP contribution in [0.4, 0.5) is 4.79 Å². The van der Waals surface area contributed by atoms with E-state index in [1.807, 2.05) is 24.3 Å². The molecule has 1 aliphatic heterocycles. The van der Waals surface area contributed by atoms with Crippen molar-refractivity contribution < 1.29 is 22.7 Å². The van der Waals surface area contributed by atoms with Gasteiger partial charge < -0.3 is 10.1 Å². The molecule has 1 aliphatic carbocycles. The molecular weight excluding hydrogens is 492 g/mol. The molecule has 9 nitrogen and oxygen atoms in total. The summed E-state index contributed by atoms with van der Waals surface area (Å²) >= 11 is 0. The Kier molecular flexibility index (Phi) is 7.29. The Hall–Kier alpha value is -3.45. The molecule has 0 spiro atoms. The van der Waals surface area contributed by atoms with Crippen molar-refractivity contribution in [3.8, 4) is 17.2 Å². The summed E-state index contributed by atoms with van der Waals surface area (Å²) in [6.07, 6.45) is 4.95. The Morgan fingerprint density at radius 3 is 2.41 bits per heavy atom. The maximum Gasteiger partial charge on any atom is 0.411 e. The molecule has 1 N–H and O–H groups in total. The van der Waals surface area contributed by atoms with Crippen molar-refractivity contribution in [1.82, 2.24) is 15.2 Å². The van der Waals surface area contributed by atoms with Crippen molar-refractivity contribution in [2.75, 3.05) is 6.26 Å². The van der Waals surface area contributed by atoms with Crippen LogP contribution in [0.25, 0.3) is 11.1 Å². The van der Waals surface area contributed by atoms with E-state index in [4.69, 9.17) is 4.74 Å². The lowest BCUT2D eigenvalue weighted by Crippen LogP contribution is -2.55. The average molecular weight is 525 g/mol. The van der Waals surface area contributed by atoms with Crippen LogP contribution in [-0.4, -0.2) is 60.3 Å².